The number of rotatable bonds is 4. The van der Waals surface area contributed by atoms with Crippen LogP contribution in [0.15, 0.2) is 24.3 Å². The number of ether oxygens (including phenoxy) is 1. The summed E-state index contributed by atoms with van der Waals surface area (Å²) < 4.78 is 5.44. The molecule has 0 aliphatic carbocycles. The van der Waals surface area contributed by atoms with Gasteiger partial charge in [0.1, 0.15) is 5.75 Å². The average Bonchev–Trinajstić information content (AvgIpc) is 2.40. The van der Waals surface area contributed by atoms with E-state index < -0.39 is 0 Å². The topological polar surface area (TPSA) is 67.6 Å². The van der Waals surface area contributed by atoms with Crippen LogP contribution < -0.4 is 15.8 Å². The van der Waals surface area contributed by atoms with Gasteiger partial charge in [-0.2, -0.15) is 0 Å². The van der Waals surface area contributed by atoms with Gasteiger partial charge in [-0.15, -0.1) is 0 Å². The minimum absolute atomic E-state index is 0.0303. The summed E-state index contributed by atoms with van der Waals surface area (Å²) in [5.74, 6) is 1.01. The maximum Gasteiger partial charge on any atom is 0.258 e. The highest BCUT2D eigenvalue weighted by molar-refractivity contribution is 5.77. The fraction of sp³-hybridized carbons (Fsp3) is 0.533. The van der Waals surface area contributed by atoms with E-state index >= 15 is 0 Å². The van der Waals surface area contributed by atoms with Crippen molar-refractivity contribution in [3.63, 3.8) is 0 Å². The largest absolute Gasteiger partial charge is 0.484 e. The van der Waals surface area contributed by atoms with Crippen LogP contribution in [0.1, 0.15) is 13.3 Å². The molecule has 110 valence electrons. The van der Waals surface area contributed by atoms with Crippen LogP contribution in [0.3, 0.4) is 0 Å². The van der Waals surface area contributed by atoms with Crippen LogP contribution in [-0.4, -0.2) is 43.6 Å². The van der Waals surface area contributed by atoms with Crippen LogP contribution in [-0.2, 0) is 4.79 Å². The van der Waals surface area contributed by atoms with Crippen LogP contribution in [0, 0.1) is 5.92 Å². The van der Waals surface area contributed by atoms with Crippen molar-refractivity contribution < 1.29 is 9.53 Å². The van der Waals surface area contributed by atoms with Crippen LogP contribution in [0.2, 0.25) is 0 Å². The highest BCUT2D eigenvalue weighted by Crippen LogP contribution is 2.16. The van der Waals surface area contributed by atoms with Gasteiger partial charge in [0.25, 0.3) is 5.91 Å². The third-order valence-electron chi connectivity index (χ3n) is 3.68. The Morgan fingerprint density at radius 2 is 2.35 bits per heavy atom. The summed E-state index contributed by atoms with van der Waals surface area (Å²) in [6.07, 6.45) is 0.988. The molecule has 0 saturated carbocycles. The van der Waals surface area contributed by atoms with E-state index in [-0.39, 0.29) is 18.6 Å². The van der Waals surface area contributed by atoms with Gasteiger partial charge >= 0.3 is 0 Å². The van der Waals surface area contributed by atoms with Gasteiger partial charge in [-0.1, -0.05) is 13.0 Å². The molecule has 1 fully saturated rings. The van der Waals surface area contributed by atoms with E-state index in [0.717, 1.165) is 19.5 Å². The minimum atomic E-state index is -0.0752. The highest BCUT2D eigenvalue weighted by atomic mass is 16.5. The number of hydrogen-bond donors (Lipinski definition) is 2. The molecule has 5 nitrogen and oxygen atoms in total. The van der Waals surface area contributed by atoms with E-state index in [1.807, 2.05) is 6.07 Å². The van der Waals surface area contributed by atoms with Gasteiger partial charge in [-0.3, -0.25) is 4.79 Å². The molecule has 0 aromatic heterocycles. The van der Waals surface area contributed by atoms with Gasteiger partial charge in [-0.25, -0.2) is 0 Å². The van der Waals surface area contributed by atoms with Gasteiger partial charge in [-0.05, 0) is 38.1 Å². The first-order valence-electron chi connectivity index (χ1n) is 7.01. The maximum atomic E-state index is 11.9. The lowest BCUT2D eigenvalue weighted by molar-refractivity contribution is -0.124. The van der Waals surface area contributed by atoms with Crippen molar-refractivity contribution in [3.05, 3.63) is 24.3 Å². The Hall–Kier alpha value is -1.75. The van der Waals surface area contributed by atoms with Gasteiger partial charge in [0.05, 0.1) is 0 Å². The quantitative estimate of drug-likeness (QED) is 0.809. The molecule has 0 radical (unpaired) electrons. The number of anilines is 1. The van der Waals surface area contributed by atoms with Gasteiger partial charge < -0.3 is 20.7 Å². The summed E-state index contributed by atoms with van der Waals surface area (Å²) in [5.41, 5.74) is 6.29. The molecule has 1 aliphatic rings. The average molecular weight is 277 g/mol. The fourth-order valence-corrected chi connectivity index (χ4v) is 2.57. The van der Waals surface area contributed by atoms with Crippen molar-refractivity contribution in [3.8, 4) is 5.75 Å². The first-order chi connectivity index (χ1) is 9.54. The van der Waals surface area contributed by atoms with Crippen molar-refractivity contribution in [2.75, 3.05) is 32.5 Å². The molecule has 1 saturated heterocycles. The zero-order valence-electron chi connectivity index (χ0n) is 12.1. The molecule has 2 rings (SSSR count). The van der Waals surface area contributed by atoms with E-state index in [9.17, 15) is 4.79 Å². The summed E-state index contributed by atoms with van der Waals surface area (Å²) in [7, 11) is 2.11. The molecule has 1 amide bonds. The van der Waals surface area contributed by atoms with E-state index in [0.29, 0.717) is 17.4 Å². The van der Waals surface area contributed by atoms with Crippen molar-refractivity contribution in [2.24, 2.45) is 5.92 Å². The molecule has 1 heterocycles. The number of carbonyl (C=O) groups excluding carboxylic acids is 1. The third-order valence-corrected chi connectivity index (χ3v) is 3.68. The Kier molecular flexibility index (Phi) is 4.84. The number of amides is 1. The first kappa shape index (κ1) is 14.7. The smallest absolute Gasteiger partial charge is 0.258 e. The molecule has 2 unspecified atom stereocenters. The number of nitrogen functional groups attached to an aromatic ring is 1. The number of nitrogens with one attached hydrogen (secondary N) is 1. The second kappa shape index (κ2) is 6.61. The zero-order chi connectivity index (χ0) is 14.5. The Balaban J connectivity index is 1.78. The Bertz CT molecular complexity index is 464. The number of nitrogens with zero attached hydrogens (tertiary/aromatic N) is 1. The normalized spacial score (nSPS) is 23.3. The van der Waals surface area contributed by atoms with Crippen molar-refractivity contribution in [1.29, 1.82) is 0 Å². The van der Waals surface area contributed by atoms with Crippen molar-refractivity contribution >= 4 is 11.6 Å². The van der Waals surface area contributed by atoms with Gasteiger partial charge in [0, 0.05) is 24.3 Å². The fourth-order valence-electron chi connectivity index (χ4n) is 2.57. The highest BCUT2D eigenvalue weighted by Gasteiger charge is 2.25. The minimum Gasteiger partial charge on any atom is -0.484 e. The van der Waals surface area contributed by atoms with Crippen molar-refractivity contribution in [2.45, 2.75) is 19.4 Å². The molecule has 2 atom stereocenters. The monoisotopic (exact) mass is 277 g/mol. The third kappa shape index (κ3) is 4.13. The standard InChI is InChI=1S/C15H23N3O2/c1-11-9-18(2)7-6-14(11)17-15(19)10-20-13-5-3-4-12(16)8-13/h3-5,8,11,14H,6-7,9-10,16H2,1-2H3,(H,17,19). The Morgan fingerprint density at radius 3 is 3.05 bits per heavy atom. The number of benzene rings is 1. The SMILES string of the molecule is CC1CN(C)CCC1NC(=O)COc1cccc(N)c1. The number of piperidine rings is 1. The van der Waals surface area contributed by atoms with E-state index in [4.69, 9.17) is 10.5 Å². The van der Waals surface area contributed by atoms with Crippen LogP contribution in [0.4, 0.5) is 5.69 Å². The number of hydrogen-bond acceptors (Lipinski definition) is 4. The summed E-state index contributed by atoms with van der Waals surface area (Å²) in [6, 6.07) is 7.34. The van der Waals surface area contributed by atoms with E-state index in [1.165, 1.54) is 0 Å². The molecular formula is C15H23N3O2. The Labute approximate surface area is 120 Å². The predicted octanol–water partition coefficient (Wildman–Crippen LogP) is 1.10. The van der Waals surface area contributed by atoms with E-state index in [1.54, 1.807) is 18.2 Å². The summed E-state index contributed by atoms with van der Waals surface area (Å²) >= 11 is 0. The van der Waals surface area contributed by atoms with E-state index in [2.05, 4.69) is 24.2 Å². The van der Waals surface area contributed by atoms with Crippen LogP contribution in [0.5, 0.6) is 5.75 Å². The molecule has 0 spiro atoms. The molecule has 20 heavy (non-hydrogen) atoms. The summed E-state index contributed by atoms with van der Waals surface area (Å²) in [4.78, 5) is 14.2. The Morgan fingerprint density at radius 1 is 1.55 bits per heavy atom. The molecule has 1 aromatic carbocycles. The second-order valence-electron chi connectivity index (χ2n) is 5.56. The van der Waals surface area contributed by atoms with Gasteiger partial charge in [0.15, 0.2) is 6.61 Å². The lowest BCUT2D eigenvalue weighted by atomic mass is 9.94. The molecular weight excluding hydrogens is 254 g/mol. The lowest BCUT2D eigenvalue weighted by Gasteiger charge is -2.35. The molecule has 1 aliphatic heterocycles. The molecule has 5 heteroatoms. The lowest BCUT2D eigenvalue weighted by Crippen LogP contribution is -2.49. The number of nitrogens with two attached hydrogens (primary N) is 1. The molecule has 3 N–H and O–H groups in total. The summed E-state index contributed by atoms with van der Waals surface area (Å²) in [6.45, 7) is 4.23. The van der Waals surface area contributed by atoms with Gasteiger partial charge in [0.2, 0.25) is 0 Å². The molecule has 0 bridgehead atoms. The maximum absolute atomic E-state index is 11.9. The predicted molar refractivity (Wildman–Crippen MR) is 79.6 cm³/mol. The summed E-state index contributed by atoms with van der Waals surface area (Å²) in [5, 5.41) is 3.05. The number of likely N-dealkylation sites (tertiary alicyclic amines) is 1. The number of carbonyl (C=O) groups is 1. The van der Waals surface area contributed by atoms with Crippen LogP contribution in [0.25, 0.3) is 0 Å². The van der Waals surface area contributed by atoms with Crippen LogP contribution >= 0.6 is 0 Å². The molecule has 1 aromatic rings. The second-order valence-corrected chi connectivity index (χ2v) is 5.56. The van der Waals surface area contributed by atoms with Crippen molar-refractivity contribution in [1.82, 2.24) is 10.2 Å². The zero-order valence-corrected chi connectivity index (χ0v) is 12.1. The first-order valence-corrected chi connectivity index (χ1v) is 7.01.